The SMILES string of the molecule is COc1cccc(OC)c1C(=O)Nc1cccc(SC(C(=O)Nc2sc(C(=O)Nc3ccccc3)c(C)c2C#N)c2ccccc2)c1. The van der Waals surface area contributed by atoms with Gasteiger partial charge in [-0.05, 0) is 60.5 Å². The molecule has 9 nitrogen and oxygen atoms in total. The van der Waals surface area contributed by atoms with Crippen molar-refractivity contribution in [2.75, 3.05) is 30.2 Å². The lowest BCUT2D eigenvalue weighted by Crippen LogP contribution is -2.19. The van der Waals surface area contributed by atoms with Crippen molar-refractivity contribution in [2.24, 2.45) is 0 Å². The summed E-state index contributed by atoms with van der Waals surface area (Å²) < 4.78 is 10.8. The molecular formula is C36H30N4O5S2. The average molecular weight is 663 g/mol. The van der Waals surface area contributed by atoms with E-state index in [0.717, 1.165) is 16.9 Å². The number of hydrogen-bond acceptors (Lipinski definition) is 8. The first kappa shape index (κ1) is 32.8. The van der Waals surface area contributed by atoms with E-state index in [1.165, 1.54) is 26.0 Å². The van der Waals surface area contributed by atoms with E-state index in [1.807, 2.05) is 54.6 Å². The number of carbonyl (C=O) groups is 3. The van der Waals surface area contributed by atoms with E-state index >= 15 is 0 Å². The lowest BCUT2D eigenvalue weighted by atomic mass is 10.1. The van der Waals surface area contributed by atoms with Gasteiger partial charge in [-0.1, -0.05) is 60.7 Å². The van der Waals surface area contributed by atoms with Gasteiger partial charge in [0.2, 0.25) is 5.91 Å². The van der Waals surface area contributed by atoms with Crippen LogP contribution in [0, 0.1) is 18.3 Å². The number of anilines is 3. The average Bonchev–Trinajstić information content (AvgIpc) is 3.41. The van der Waals surface area contributed by atoms with Crippen molar-refractivity contribution >= 4 is 57.2 Å². The van der Waals surface area contributed by atoms with E-state index in [0.29, 0.717) is 43.2 Å². The molecule has 47 heavy (non-hydrogen) atoms. The number of thiophene rings is 1. The number of rotatable bonds is 11. The predicted molar refractivity (Wildman–Crippen MR) is 186 cm³/mol. The summed E-state index contributed by atoms with van der Waals surface area (Å²) in [5.41, 5.74) is 2.84. The highest BCUT2D eigenvalue weighted by Crippen LogP contribution is 2.40. The van der Waals surface area contributed by atoms with Crippen LogP contribution in [0.3, 0.4) is 0 Å². The van der Waals surface area contributed by atoms with Gasteiger partial charge in [0.15, 0.2) is 0 Å². The van der Waals surface area contributed by atoms with Gasteiger partial charge in [0, 0.05) is 16.3 Å². The molecule has 0 saturated carbocycles. The summed E-state index contributed by atoms with van der Waals surface area (Å²) in [6.07, 6.45) is 0. The molecule has 0 aliphatic heterocycles. The highest BCUT2D eigenvalue weighted by molar-refractivity contribution is 8.00. The van der Waals surface area contributed by atoms with Gasteiger partial charge in [-0.25, -0.2) is 0 Å². The molecule has 236 valence electrons. The Labute approximate surface area is 280 Å². The monoisotopic (exact) mass is 662 g/mol. The van der Waals surface area contributed by atoms with Gasteiger partial charge in [-0.2, -0.15) is 5.26 Å². The zero-order valence-corrected chi connectivity index (χ0v) is 27.3. The fourth-order valence-electron chi connectivity index (χ4n) is 4.79. The molecule has 1 atom stereocenters. The second kappa shape index (κ2) is 15.1. The summed E-state index contributed by atoms with van der Waals surface area (Å²) in [5, 5.41) is 18.2. The fourth-order valence-corrected chi connectivity index (χ4v) is 6.93. The van der Waals surface area contributed by atoms with E-state index in [-0.39, 0.29) is 22.9 Å². The maximum atomic E-state index is 13.9. The van der Waals surface area contributed by atoms with Crippen LogP contribution in [-0.2, 0) is 4.79 Å². The van der Waals surface area contributed by atoms with E-state index in [9.17, 15) is 19.6 Å². The van der Waals surface area contributed by atoms with Crippen molar-refractivity contribution < 1.29 is 23.9 Å². The molecule has 1 aromatic heterocycles. The Hall–Kier alpha value is -5.57. The number of nitrogens with zero attached hydrogens (tertiary/aromatic N) is 1. The van der Waals surface area contributed by atoms with Gasteiger partial charge in [-0.15, -0.1) is 23.1 Å². The molecule has 3 N–H and O–H groups in total. The molecule has 0 saturated heterocycles. The molecule has 0 aliphatic carbocycles. The minimum Gasteiger partial charge on any atom is -0.496 e. The second-order valence-electron chi connectivity index (χ2n) is 10.1. The normalized spacial score (nSPS) is 11.1. The van der Waals surface area contributed by atoms with Crippen LogP contribution >= 0.6 is 23.1 Å². The van der Waals surface area contributed by atoms with Crippen molar-refractivity contribution in [2.45, 2.75) is 17.1 Å². The van der Waals surface area contributed by atoms with Crippen LogP contribution < -0.4 is 25.4 Å². The van der Waals surface area contributed by atoms with Crippen LogP contribution in [0.1, 0.15) is 42.0 Å². The number of para-hydroxylation sites is 1. The third-order valence-corrected chi connectivity index (χ3v) is 9.53. The van der Waals surface area contributed by atoms with Gasteiger partial charge in [-0.3, -0.25) is 14.4 Å². The van der Waals surface area contributed by atoms with Gasteiger partial charge < -0.3 is 25.4 Å². The lowest BCUT2D eigenvalue weighted by Gasteiger charge is -2.17. The Morgan fingerprint density at radius 1 is 0.766 bits per heavy atom. The van der Waals surface area contributed by atoms with Crippen molar-refractivity contribution in [3.8, 4) is 17.6 Å². The summed E-state index contributed by atoms with van der Waals surface area (Å²) in [6, 6.07) is 32.6. The van der Waals surface area contributed by atoms with Crippen LogP contribution in [0.4, 0.5) is 16.4 Å². The standard InChI is InChI=1S/C36H30N4O5S2/c1-22-27(21-37)36(47-31(22)34(42)38-24-14-8-5-9-15-24)40-35(43)32(23-12-6-4-7-13-23)46-26-17-10-16-25(20-26)39-33(41)30-28(44-2)18-11-19-29(30)45-3/h4-20,32H,1-3H3,(H,38,42)(H,39,41)(H,40,43). The topological polar surface area (TPSA) is 130 Å². The highest BCUT2D eigenvalue weighted by atomic mass is 32.2. The molecule has 0 bridgehead atoms. The molecule has 5 aromatic rings. The van der Waals surface area contributed by atoms with Gasteiger partial charge in [0.1, 0.15) is 33.4 Å². The molecule has 3 amide bonds. The predicted octanol–water partition coefficient (Wildman–Crippen LogP) is 7.92. The number of hydrogen-bond donors (Lipinski definition) is 3. The zero-order chi connectivity index (χ0) is 33.3. The number of carbonyl (C=O) groups excluding carboxylic acids is 3. The minimum absolute atomic E-state index is 0.231. The Bertz CT molecular complexity index is 1930. The molecule has 1 unspecified atom stereocenters. The summed E-state index contributed by atoms with van der Waals surface area (Å²) in [5.74, 6) is -0.414. The molecular weight excluding hydrogens is 633 g/mol. The summed E-state index contributed by atoms with van der Waals surface area (Å²) in [4.78, 5) is 41.4. The summed E-state index contributed by atoms with van der Waals surface area (Å²) >= 11 is 2.34. The third kappa shape index (κ3) is 7.64. The van der Waals surface area contributed by atoms with Crippen molar-refractivity contribution in [3.05, 3.63) is 130 Å². The van der Waals surface area contributed by atoms with Crippen LogP contribution in [0.15, 0.2) is 108 Å². The Morgan fingerprint density at radius 2 is 1.36 bits per heavy atom. The van der Waals surface area contributed by atoms with Gasteiger partial charge in [0.05, 0.1) is 24.7 Å². The Balaban J connectivity index is 1.39. The van der Waals surface area contributed by atoms with Gasteiger partial charge >= 0.3 is 0 Å². The van der Waals surface area contributed by atoms with Crippen molar-refractivity contribution in [1.29, 1.82) is 5.26 Å². The number of benzene rings is 4. The van der Waals surface area contributed by atoms with Crippen LogP contribution in [-0.4, -0.2) is 31.9 Å². The number of thioether (sulfide) groups is 1. The molecule has 0 aliphatic rings. The van der Waals surface area contributed by atoms with E-state index in [2.05, 4.69) is 22.0 Å². The quantitative estimate of drug-likeness (QED) is 0.123. The number of ether oxygens (including phenoxy) is 2. The summed E-state index contributed by atoms with van der Waals surface area (Å²) in [7, 11) is 2.96. The maximum absolute atomic E-state index is 13.9. The zero-order valence-electron chi connectivity index (χ0n) is 25.7. The maximum Gasteiger partial charge on any atom is 0.266 e. The fraction of sp³-hybridized carbons (Fsp3) is 0.111. The van der Waals surface area contributed by atoms with Crippen LogP contribution in [0.5, 0.6) is 11.5 Å². The largest absolute Gasteiger partial charge is 0.496 e. The molecule has 11 heteroatoms. The number of nitriles is 1. The third-order valence-electron chi connectivity index (χ3n) is 7.07. The molecule has 0 fully saturated rings. The van der Waals surface area contributed by atoms with Crippen LogP contribution in [0.25, 0.3) is 0 Å². The smallest absolute Gasteiger partial charge is 0.266 e. The minimum atomic E-state index is -0.730. The summed E-state index contributed by atoms with van der Waals surface area (Å²) in [6.45, 7) is 1.69. The Morgan fingerprint density at radius 3 is 2.00 bits per heavy atom. The lowest BCUT2D eigenvalue weighted by molar-refractivity contribution is -0.115. The first-order chi connectivity index (χ1) is 22.8. The molecule has 1 heterocycles. The first-order valence-corrected chi connectivity index (χ1v) is 16.1. The molecule has 0 spiro atoms. The number of nitrogens with one attached hydrogen (secondary N) is 3. The highest BCUT2D eigenvalue weighted by Gasteiger charge is 2.27. The van der Waals surface area contributed by atoms with Gasteiger partial charge in [0.25, 0.3) is 11.8 Å². The van der Waals surface area contributed by atoms with E-state index in [1.54, 1.807) is 55.5 Å². The molecule has 5 rings (SSSR count). The molecule has 4 aromatic carbocycles. The Kier molecular flexibility index (Phi) is 10.6. The second-order valence-corrected chi connectivity index (χ2v) is 12.3. The van der Waals surface area contributed by atoms with E-state index < -0.39 is 11.2 Å². The van der Waals surface area contributed by atoms with Crippen molar-refractivity contribution in [3.63, 3.8) is 0 Å². The number of methoxy groups -OCH3 is 2. The first-order valence-electron chi connectivity index (χ1n) is 14.4. The number of amides is 3. The van der Waals surface area contributed by atoms with Crippen LogP contribution in [0.2, 0.25) is 0 Å². The van der Waals surface area contributed by atoms with E-state index in [4.69, 9.17) is 9.47 Å². The van der Waals surface area contributed by atoms with Crippen molar-refractivity contribution in [1.82, 2.24) is 0 Å². The molecule has 0 radical (unpaired) electrons.